The zero-order valence-corrected chi connectivity index (χ0v) is 12.9. The molecule has 0 bridgehead atoms. The van der Waals surface area contributed by atoms with E-state index in [2.05, 4.69) is 22.0 Å². The molecule has 1 aliphatic rings. The van der Waals surface area contributed by atoms with E-state index in [-0.39, 0.29) is 5.38 Å². The molecule has 1 saturated carbocycles. The third kappa shape index (κ3) is 3.38. The maximum Gasteiger partial charge on any atom is 0.107 e. The van der Waals surface area contributed by atoms with Crippen molar-refractivity contribution in [3.05, 3.63) is 19.8 Å². The van der Waals surface area contributed by atoms with Crippen molar-refractivity contribution in [2.75, 3.05) is 0 Å². The lowest BCUT2D eigenvalue weighted by molar-refractivity contribution is 0.337. The topological polar surface area (TPSA) is 0 Å². The van der Waals surface area contributed by atoms with Gasteiger partial charge in [-0.3, -0.25) is 0 Å². The van der Waals surface area contributed by atoms with E-state index < -0.39 is 0 Å². The number of alkyl halides is 1. The molecule has 0 saturated heterocycles. The molecule has 4 heteroatoms. The van der Waals surface area contributed by atoms with Gasteiger partial charge in [0.25, 0.3) is 0 Å². The van der Waals surface area contributed by atoms with Gasteiger partial charge in [-0.2, -0.15) is 0 Å². The minimum absolute atomic E-state index is 0.136. The Labute approximate surface area is 119 Å². The molecule has 0 N–H and O–H groups in total. The predicted molar refractivity (Wildman–Crippen MR) is 76.8 cm³/mol. The molecule has 90 valence electrons. The number of hydrogen-bond donors (Lipinski definition) is 0. The Morgan fingerprint density at radius 3 is 2.62 bits per heavy atom. The SMILES string of the molecule is Clc1sc(C(Cl)CC2CCCCC2)cc1Br. The molecule has 1 heterocycles. The zero-order chi connectivity index (χ0) is 11.5. The largest absolute Gasteiger partial charge is 0.126 e. The second kappa shape index (κ2) is 6.08. The van der Waals surface area contributed by atoms with Crippen molar-refractivity contribution in [2.45, 2.75) is 43.9 Å². The van der Waals surface area contributed by atoms with Gasteiger partial charge in [0, 0.05) is 9.35 Å². The van der Waals surface area contributed by atoms with Crippen LogP contribution in [0.5, 0.6) is 0 Å². The Kier molecular flexibility index (Phi) is 5.02. The Hall–Kier alpha value is 0.760. The van der Waals surface area contributed by atoms with Crippen molar-refractivity contribution in [2.24, 2.45) is 5.92 Å². The molecule has 0 aliphatic heterocycles. The summed E-state index contributed by atoms with van der Waals surface area (Å²) in [6.45, 7) is 0. The fraction of sp³-hybridized carbons (Fsp3) is 0.667. The number of halogens is 3. The van der Waals surface area contributed by atoms with Gasteiger partial charge in [-0.05, 0) is 34.3 Å². The van der Waals surface area contributed by atoms with E-state index in [0.717, 1.165) is 21.1 Å². The molecule has 16 heavy (non-hydrogen) atoms. The lowest BCUT2D eigenvalue weighted by atomic mass is 9.86. The highest BCUT2D eigenvalue weighted by Gasteiger charge is 2.20. The Morgan fingerprint density at radius 1 is 1.38 bits per heavy atom. The van der Waals surface area contributed by atoms with Gasteiger partial charge in [0.15, 0.2) is 0 Å². The molecule has 1 aromatic heterocycles. The molecule has 1 unspecified atom stereocenters. The summed E-state index contributed by atoms with van der Waals surface area (Å²) in [4.78, 5) is 1.20. The van der Waals surface area contributed by atoms with E-state index in [1.54, 1.807) is 11.3 Å². The molecule has 0 spiro atoms. The van der Waals surface area contributed by atoms with Crippen molar-refractivity contribution >= 4 is 50.5 Å². The number of thiophene rings is 1. The summed E-state index contributed by atoms with van der Waals surface area (Å²) < 4.78 is 1.78. The van der Waals surface area contributed by atoms with Crippen LogP contribution in [0.3, 0.4) is 0 Å². The quantitative estimate of drug-likeness (QED) is 0.557. The first-order valence-corrected chi connectivity index (χ1v) is 8.18. The maximum atomic E-state index is 6.46. The van der Waals surface area contributed by atoms with E-state index in [1.807, 2.05) is 0 Å². The van der Waals surface area contributed by atoms with Crippen LogP contribution in [0, 0.1) is 5.92 Å². The normalized spacial score (nSPS) is 19.9. The van der Waals surface area contributed by atoms with Crippen LogP contribution in [-0.4, -0.2) is 0 Å². The van der Waals surface area contributed by atoms with Gasteiger partial charge in [0.05, 0.1) is 5.38 Å². The van der Waals surface area contributed by atoms with Crippen LogP contribution in [0.1, 0.15) is 48.8 Å². The average molecular weight is 342 g/mol. The number of rotatable bonds is 3. The first-order valence-electron chi connectivity index (χ1n) is 5.75. The van der Waals surface area contributed by atoms with Crippen molar-refractivity contribution < 1.29 is 0 Å². The van der Waals surface area contributed by atoms with Gasteiger partial charge in [-0.25, -0.2) is 0 Å². The molecule has 1 fully saturated rings. The van der Waals surface area contributed by atoms with Gasteiger partial charge in [0.2, 0.25) is 0 Å². The van der Waals surface area contributed by atoms with Crippen molar-refractivity contribution in [3.8, 4) is 0 Å². The van der Waals surface area contributed by atoms with Crippen LogP contribution in [0.2, 0.25) is 4.34 Å². The summed E-state index contributed by atoms with van der Waals surface area (Å²) in [5.41, 5.74) is 0. The summed E-state index contributed by atoms with van der Waals surface area (Å²) in [5.74, 6) is 0.816. The van der Waals surface area contributed by atoms with E-state index in [4.69, 9.17) is 23.2 Å². The molecule has 0 radical (unpaired) electrons. The molecular weight excluding hydrogens is 327 g/mol. The maximum absolute atomic E-state index is 6.46. The predicted octanol–water partition coefficient (Wildman–Crippen LogP) is 6.41. The van der Waals surface area contributed by atoms with E-state index in [9.17, 15) is 0 Å². The third-order valence-electron chi connectivity index (χ3n) is 3.24. The van der Waals surface area contributed by atoms with E-state index in [0.29, 0.717) is 0 Å². The molecule has 0 nitrogen and oxygen atoms in total. The highest BCUT2D eigenvalue weighted by Crippen LogP contribution is 2.41. The minimum atomic E-state index is 0.136. The van der Waals surface area contributed by atoms with Crippen molar-refractivity contribution in [1.29, 1.82) is 0 Å². The summed E-state index contributed by atoms with van der Waals surface area (Å²) in [7, 11) is 0. The average Bonchev–Trinajstić information content (AvgIpc) is 2.61. The van der Waals surface area contributed by atoms with Crippen molar-refractivity contribution in [1.82, 2.24) is 0 Å². The molecule has 1 aliphatic carbocycles. The van der Waals surface area contributed by atoms with Gasteiger partial charge in [-0.15, -0.1) is 22.9 Å². The standard InChI is InChI=1S/C12H15BrCl2S/c13-9-7-11(16-12(9)15)10(14)6-8-4-2-1-3-5-8/h7-8,10H,1-6H2. The smallest absolute Gasteiger partial charge is 0.107 e. The number of hydrogen-bond acceptors (Lipinski definition) is 1. The first kappa shape index (κ1) is 13.2. The molecule has 1 aromatic rings. The highest BCUT2D eigenvalue weighted by atomic mass is 79.9. The molecule has 0 amide bonds. The van der Waals surface area contributed by atoms with Crippen LogP contribution in [0.25, 0.3) is 0 Å². The molecule has 0 aromatic carbocycles. The second-order valence-corrected chi connectivity index (χ2v) is 7.54. The van der Waals surface area contributed by atoms with Crippen LogP contribution < -0.4 is 0 Å². The molecular formula is C12H15BrCl2S. The van der Waals surface area contributed by atoms with Gasteiger partial charge < -0.3 is 0 Å². The first-order chi connectivity index (χ1) is 7.66. The van der Waals surface area contributed by atoms with Crippen molar-refractivity contribution in [3.63, 3.8) is 0 Å². The van der Waals surface area contributed by atoms with Crippen LogP contribution in [0.15, 0.2) is 10.5 Å². The van der Waals surface area contributed by atoms with Gasteiger partial charge in [-0.1, -0.05) is 43.7 Å². The van der Waals surface area contributed by atoms with E-state index >= 15 is 0 Å². The third-order valence-corrected chi connectivity index (χ3v) is 6.37. The lowest BCUT2D eigenvalue weighted by Gasteiger charge is -2.23. The molecule has 2 rings (SSSR count). The minimum Gasteiger partial charge on any atom is -0.126 e. The van der Waals surface area contributed by atoms with Crippen LogP contribution >= 0.6 is 50.5 Å². The summed E-state index contributed by atoms with van der Waals surface area (Å²) >= 11 is 17.5. The fourth-order valence-corrected chi connectivity index (χ4v) is 4.52. The lowest BCUT2D eigenvalue weighted by Crippen LogP contribution is -2.08. The Bertz CT molecular complexity index is 325. The molecule has 1 atom stereocenters. The summed E-state index contributed by atoms with van der Waals surface area (Å²) in [5, 5.41) is 0.136. The Morgan fingerprint density at radius 2 is 2.06 bits per heavy atom. The zero-order valence-electron chi connectivity index (χ0n) is 9.02. The van der Waals surface area contributed by atoms with Crippen LogP contribution in [0.4, 0.5) is 0 Å². The summed E-state index contributed by atoms with van der Waals surface area (Å²) in [6, 6.07) is 2.06. The monoisotopic (exact) mass is 340 g/mol. The van der Waals surface area contributed by atoms with Gasteiger partial charge >= 0.3 is 0 Å². The second-order valence-electron chi connectivity index (χ2n) is 4.48. The van der Waals surface area contributed by atoms with Crippen LogP contribution in [-0.2, 0) is 0 Å². The Balaban J connectivity index is 1.93. The highest BCUT2D eigenvalue weighted by molar-refractivity contribution is 9.10. The van der Waals surface area contributed by atoms with Gasteiger partial charge in [0.1, 0.15) is 4.34 Å². The summed E-state index contributed by atoms with van der Waals surface area (Å²) in [6.07, 6.45) is 7.96. The fourth-order valence-electron chi connectivity index (χ4n) is 2.35. The van der Waals surface area contributed by atoms with E-state index in [1.165, 1.54) is 37.0 Å².